The third-order valence-electron chi connectivity index (χ3n) is 4.19. The van der Waals surface area contributed by atoms with Gasteiger partial charge in [-0.3, -0.25) is 0 Å². The Balaban J connectivity index is 2.29. The maximum Gasteiger partial charge on any atom is 0.111 e. The first-order valence-corrected chi connectivity index (χ1v) is 7.87. The van der Waals surface area contributed by atoms with Crippen molar-refractivity contribution in [2.75, 3.05) is 7.05 Å². The van der Waals surface area contributed by atoms with Crippen LogP contribution in [-0.4, -0.2) is 16.6 Å². The molecular formula is C18H27N3. The molecule has 0 amide bonds. The fourth-order valence-electron chi connectivity index (χ4n) is 2.92. The van der Waals surface area contributed by atoms with Crippen LogP contribution >= 0.6 is 0 Å². The van der Waals surface area contributed by atoms with Crippen molar-refractivity contribution >= 4 is 0 Å². The van der Waals surface area contributed by atoms with Crippen molar-refractivity contribution in [3.8, 4) is 0 Å². The smallest absolute Gasteiger partial charge is 0.111 e. The zero-order valence-corrected chi connectivity index (χ0v) is 13.8. The second-order valence-electron chi connectivity index (χ2n) is 5.95. The molecule has 0 saturated carbocycles. The van der Waals surface area contributed by atoms with E-state index in [9.17, 15) is 0 Å². The first kappa shape index (κ1) is 15.8. The number of nitrogens with one attached hydrogen (secondary N) is 1. The zero-order valence-electron chi connectivity index (χ0n) is 13.8. The molecule has 0 saturated heterocycles. The van der Waals surface area contributed by atoms with Gasteiger partial charge in [0, 0.05) is 18.3 Å². The summed E-state index contributed by atoms with van der Waals surface area (Å²) in [7, 11) is 2.03. The molecular weight excluding hydrogens is 258 g/mol. The highest BCUT2D eigenvalue weighted by Crippen LogP contribution is 2.28. The maximum absolute atomic E-state index is 4.51. The molecule has 1 heterocycles. The molecule has 2 rings (SSSR count). The molecule has 114 valence electrons. The Morgan fingerprint density at radius 1 is 1.14 bits per heavy atom. The molecule has 1 N–H and O–H groups in total. The Morgan fingerprint density at radius 3 is 2.33 bits per heavy atom. The van der Waals surface area contributed by atoms with Crippen molar-refractivity contribution in [2.45, 2.75) is 52.1 Å². The van der Waals surface area contributed by atoms with Gasteiger partial charge in [0.05, 0.1) is 12.1 Å². The van der Waals surface area contributed by atoms with Gasteiger partial charge in [-0.05, 0) is 31.5 Å². The summed E-state index contributed by atoms with van der Waals surface area (Å²) in [5, 5.41) is 3.46. The molecule has 3 nitrogen and oxygen atoms in total. The van der Waals surface area contributed by atoms with E-state index < -0.39 is 0 Å². The van der Waals surface area contributed by atoms with Crippen LogP contribution in [0.25, 0.3) is 0 Å². The van der Waals surface area contributed by atoms with Crippen LogP contribution < -0.4 is 5.32 Å². The Hall–Kier alpha value is -1.61. The first-order valence-electron chi connectivity index (χ1n) is 7.87. The minimum atomic E-state index is 0.280. The second kappa shape index (κ2) is 6.90. The average Bonchev–Trinajstić information content (AvgIpc) is 2.98. The summed E-state index contributed by atoms with van der Waals surface area (Å²) in [5.41, 5.74) is 2.71. The van der Waals surface area contributed by atoms with E-state index in [0.717, 1.165) is 12.2 Å². The Morgan fingerprint density at radius 2 is 1.81 bits per heavy atom. The first-order chi connectivity index (χ1) is 10.1. The van der Waals surface area contributed by atoms with Crippen LogP contribution in [0.5, 0.6) is 0 Å². The van der Waals surface area contributed by atoms with Gasteiger partial charge in [0.25, 0.3) is 0 Å². The SMILES string of the molecule is CCc1ccc(C(NC)C(C)n2ccnc2C(C)C)cc1. The summed E-state index contributed by atoms with van der Waals surface area (Å²) >= 11 is 0. The Bertz CT molecular complexity index is 554. The van der Waals surface area contributed by atoms with Gasteiger partial charge in [-0.1, -0.05) is 45.0 Å². The molecule has 0 radical (unpaired) electrons. The predicted octanol–water partition coefficient (Wildman–Crippen LogP) is 4.09. The molecule has 0 aliphatic rings. The van der Waals surface area contributed by atoms with Crippen LogP contribution in [-0.2, 0) is 6.42 Å². The van der Waals surface area contributed by atoms with E-state index in [1.54, 1.807) is 0 Å². The van der Waals surface area contributed by atoms with Crippen LogP contribution in [0.1, 0.15) is 62.6 Å². The summed E-state index contributed by atoms with van der Waals surface area (Å²) in [4.78, 5) is 4.51. The van der Waals surface area contributed by atoms with E-state index in [1.165, 1.54) is 11.1 Å². The van der Waals surface area contributed by atoms with Gasteiger partial charge >= 0.3 is 0 Å². The molecule has 2 atom stereocenters. The molecule has 1 aromatic carbocycles. The van der Waals surface area contributed by atoms with E-state index in [2.05, 4.69) is 73.0 Å². The number of benzene rings is 1. The molecule has 21 heavy (non-hydrogen) atoms. The molecule has 0 spiro atoms. The quantitative estimate of drug-likeness (QED) is 0.866. The lowest BCUT2D eigenvalue weighted by Crippen LogP contribution is -2.27. The van der Waals surface area contributed by atoms with Gasteiger partial charge in [-0.15, -0.1) is 0 Å². The van der Waals surface area contributed by atoms with Crippen LogP contribution in [0.3, 0.4) is 0 Å². The summed E-state index contributed by atoms with van der Waals surface area (Å²) < 4.78 is 2.29. The largest absolute Gasteiger partial charge is 0.330 e. The maximum atomic E-state index is 4.51. The van der Waals surface area contributed by atoms with Crippen molar-refractivity contribution < 1.29 is 0 Å². The summed E-state index contributed by atoms with van der Waals surface area (Å²) in [6.07, 6.45) is 5.07. The predicted molar refractivity (Wildman–Crippen MR) is 88.6 cm³/mol. The average molecular weight is 285 g/mol. The number of hydrogen-bond acceptors (Lipinski definition) is 2. The summed E-state index contributed by atoms with van der Waals surface area (Å²) in [6, 6.07) is 9.53. The van der Waals surface area contributed by atoms with Gasteiger partial charge in [0.2, 0.25) is 0 Å². The van der Waals surface area contributed by atoms with Crippen molar-refractivity contribution in [1.82, 2.24) is 14.9 Å². The fraction of sp³-hybridized carbons (Fsp3) is 0.500. The minimum absolute atomic E-state index is 0.280. The lowest BCUT2D eigenvalue weighted by atomic mass is 9.98. The highest BCUT2D eigenvalue weighted by atomic mass is 15.1. The molecule has 1 aromatic heterocycles. The molecule has 0 fully saturated rings. The highest BCUT2D eigenvalue weighted by Gasteiger charge is 2.21. The van der Waals surface area contributed by atoms with E-state index in [4.69, 9.17) is 0 Å². The van der Waals surface area contributed by atoms with Crippen LogP contribution in [0.15, 0.2) is 36.7 Å². The normalized spacial score (nSPS) is 14.4. The van der Waals surface area contributed by atoms with Gasteiger partial charge in [-0.2, -0.15) is 0 Å². The van der Waals surface area contributed by atoms with E-state index >= 15 is 0 Å². The molecule has 3 heteroatoms. The zero-order chi connectivity index (χ0) is 15.4. The monoisotopic (exact) mass is 285 g/mol. The minimum Gasteiger partial charge on any atom is -0.330 e. The second-order valence-corrected chi connectivity index (χ2v) is 5.95. The van der Waals surface area contributed by atoms with Crippen molar-refractivity contribution in [3.63, 3.8) is 0 Å². The number of nitrogens with zero attached hydrogens (tertiary/aromatic N) is 2. The summed E-state index contributed by atoms with van der Waals surface area (Å²) in [6.45, 7) is 8.82. The summed E-state index contributed by atoms with van der Waals surface area (Å²) in [5.74, 6) is 1.58. The molecule has 2 unspecified atom stereocenters. The van der Waals surface area contributed by atoms with Crippen LogP contribution in [0, 0.1) is 0 Å². The third kappa shape index (κ3) is 3.35. The van der Waals surface area contributed by atoms with Crippen LogP contribution in [0.2, 0.25) is 0 Å². The molecule has 0 aliphatic carbocycles. The standard InChI is InChI=1S/C18H27N3/c1-6-15-7-9-16(10-8-15)17(19-5)14(4)21-12-11-20-18(21)13(2)3/h7-14,17,19H,6H2,1-5H3. The van der Waals surface area contributed by atoms with Gasteiger partial charge in [0.15, 0.2) is 0 Å². The number of aromatic nitrogens is 2. The van der Waals surface area contributed by atoms with Crippen molar-refractivity contribution in [1.29, 1.82) is 0 Å². The van der Waals surface area contributed by atoms with E-state index in [1.807, 2.05) is 13.2 Å². The van der Waals surface area contributed by atoms with Crippen molar-refractivity contribution in [3.05, 3.63) is 53.6 Å². The molecule has 0 aliphatic heterocycles. The number of likely N-dealkylation sites (N-methyl/N-ethyl adjacent to an activating group) is 1. The van der Waals surface area contributed by atoms with Gasteiger partial charge in [-0.25, -0.2) is 4.98 Å². The Kier molecular flexibility index (Phi) is 5.18. The van der Waals surface area contributed by atoms with E-state index in [0.29, 0.717) is 12.0 Å². The number of aryl methyl sites for hydroxylation is 1. The molecule has 2 aromatic rings. The lowest BCUT2D eigenvalue weighted by molar-refractivity contribution is 0.387. The van der Waals surface area contributed by atoms with Gasteiger partial charge < -0.3 is 9.88 Å². The van der Waals surface area contributed by atoms with E-state index in [-0.39, 0.29) is 6.04 Å². The highest BCUT2D eigenvalue weighted by molar-refractivity contribution is 5.26. The lowest BCUT2D eigenvalue weighted by Gasteiger charge is -2.27. The molecule has 0 bridgehead atoms. The van der Waals surface area contributed by atoms with Gasteiger partial charge in [0.1, 0.15) is 5.82 Å². The Labute approximate surface area is 128 Å². The fourth-order valence-corrected chi connectivity index (χ4v) is 2.92. The number of rotatable bonds is 6. The van der Waals surface area contributed by atoms with Crippen molar-refractivity contribution in [2.24, 2.45) is 0 Å². The topological polar surface area (TPSA) is 29.9 Å². The third-order valence-corrected chi connectivity index (χ3v) is 4.19. The number of imidazole rings is 1. The van der Waals surface area contributed by atoms with Crippen LogP contribution in [0.4, 0.5) is 0 Å². The number of hydrogen-bond donors (Lipinski definition) is 1.